The lowest BCUT2D eigenvalue weighted by Crippen LogP contribution is -2.32. The van der Waals surface area contributed by atoms with Crippen LogP contribution in [-0.2, 0) is 16.1 Å². The van der Waals surface area contributed by atoms with Crippen LogP contribution in [0.25, 0.3) is 11.1 Å². The summed E-state index contributed by atoms with van der Waals surface area (Å²) in [5.41, 5.74) is 0.240. The molecule has 1 aromatic carbocycles. The van der Waals surface area contributed by atoms with E-state index in [-0.39, 0.29) is 12.1 Å². The molecule has 25 heavy (non-hydrogen) atoms. The summed E-state index contributed by atoms with van der Waals surface area (Å²) in [6, 6.07) is 7.12. The lowest BCUT2D eigenvalue weighted by molar-refractivity contribution is -0.155. The van der Waals surface area contributed by atoms with Gasteiger partial charge in [-0.3, -0.25) is 14.2 Å². The summed E-state index contributed by atoms with van der Waals surface area (Å²) in [6.07, 6.45) is 3.34. The van der Waals surface area contributed by atoms with E-state index in [1.165, 1.54) is 22.5 Å². The molecular weight excluding hydrogens is 340 g/mol. The molecular formula is C18H22N2O4S. The number of hydrogen-bond donors (Lipinski definition) is 0. The number of ether oxygens (including phenoxy) is 2. The number of aromatic nitrogens is 2. The van der Waals surface area contributed by atoms with Crippen LogP contribution in [0.3, 0.4) is 0 Å². The van der Waals surface area contributed by atoms with Crippen LogP contribution >= 0.6 is 11.8 Å². The molecule has 0 amide bonds. The molecule has 1 heterocycles. The maximum absolute atomic E-state index is 12.9. The van der Waals surface area contributed by atoms with Crippen LogP contribution in [-0.4, -0.2) is 34.5 Å². The van der Waals surface area contributed by atoms with Gasteiger partial charge in [0.1, 0.15) is 17.9 Å². The van der Waals surface area contributed by atoms with Crippen LogP contribution in [0.15, 0.2) is 40.4 Å². The van der Waals surface area contributed by atoms with Crippen molar-refractivity contribution in [3.63, 3.8) is 0 Å². The zero-order valence-corrected chi connectivity index (χ0v) is 15.8. The minimum Gasteiger partial charge on any atom is -0.497 e. The largest absolute Gasteiger partial charge is 0.497 e. The van der Waals surface area contributed by atoms with Crippen molar-refractivity contribution in [1.29, 1.82) is 0 Å². The van der Waals surface area contributed by atoms with Gasteiger partial charge in [-0.15, -0.1) is 0 Å². The Bertz CT molecular complexity index is 807. The Morgan fingerprint density at radius 3 is 2.40 bits per heavy atom. The van der Waals surface area contributed by atoms with Crippen molar-refractivity contribution in [3.8, 4) is 16.9 Å². The number of rotatable bonds is 5. The molecule has 0 saturated carbocycles. The highest BCUT2D eigenvalue weighted by Gasteiger charge is 2.20. The van der Waals surface area contributed by atoms with Gasteiger partial charge in [-0.2, -0.15) is 0 Å². The number of carbonyl (C=O) groups is 1. The number of carbonyl (C=O) groups excluding carboxylic acids is 1. The van der Waals surface area contributed by atoms with Gasteiger partial charge in [0.15, 0.2) is 5.16 Å². The summed E-state index contributed by atoms with van der Waals surface area (Å²) in [5, 5.41) is 0.466. The fourth-order valence-corrected chi connectivity index (χ4v) is 2.78. The molecule has 0 radical (unpaired) electrons. The highest BCUT2D eigenvalue weighted by Crippen LogP contribution is 2.21. The van der Waals surface area contributed by atoms with Gasteiger partial charge in [-0.25, -0.2) is 4.98 Å². The van der Waals surface area contributed by atoms with Crippen molar-refractivity contribution < 1.29 is 14.3 Å². The Balaban J connectivity index is 2.41. The Morgan fingerprint density at radius 2 is 1.88 bits per heavy atom. The van der Waals surface area contributed by atoms with Gasteiger partial charge in [0.05, 0.1) is 12.7 Å². The number of esters is 1. The fourth-order valence-electron chi connectivity index (χ4n) is 2.25. The van der Waals surface area contributed by atoms with E-state index in [0.717, 1.165) is 0 Å². The predicted molar refractivity (Wildman–Crippen MR) is 98.1 cm³/mol. The first kappa shape index (κ1) is 19.1. The number of thioether (sulfide) groups is 1. The second kappa shape index (κ2) is 7.74. The third-order valence-electron chi connectivity index (χ3n) is 3.30. The van der Waals surface area contributed by atoms with E-state index < -0.39 is 11.6 Å². The van der Waals surface area contributed by atoms with Crippen molar-refractivity contribution in [2.45, 2.75) is 38.1 Å². The Kier molecular flexibility index (Phi) is 5.89. The van der Waals surface area contributed by atoms with Crippen LogP contribution in [0.1, 0.15) is 20.8 Å². The first-order chi connectivity index (χ1) is 11.7. The molecule has 0 fully saturated rings. The molecule has 2 aromatic rings. The lowest BCUT2D eigenvalue weighted by atomic mass is 10.1. The molecule has 0 bridgehead atoms. The maximum Gasteiger partial charge on any atom is 0.326 e. The van der Waals surface area contributed by atoms with E-state index in [9.17, 15) is 9.59 Å². The summed E-state index contributed by atoms with van der Waals surface area (Å²) in [6.45, 7) is 5.18. The summed E-state index contributed by atoms with van der Waals surface area (Å²) < 4.78 is 11.8. The summed E-state index contributed by atoms with van der Waals surface area (Å²) >= 11 is 1.30. The molecule has 0 aliphatic heterocycles. The molecule has 2 rings (SSSR count). The van der Waals surface area contributed by atoms with Crippen molar-refractivity contribution in [2.24, 2.45) is 0 Å². The number of hydrogen-bond acceptors (Lipinski definition) is 6. The smallest absolute Gasteiger partial charge is 0.326 e. The molecule has 0 spiro atoms. The van der Waals surface area contributed by atoms with Crippen molar-refractivity contribution in [1.82, 2.24) is 9.55 Å². The predicted octanol–water partition coefficient (Wildman–Crippen LogP) is 2.98. The summed E-state index contributed by atoms with van der Waals surface area (Å²) in [5.74, 6) is 0.227. The normalized spacial score (nSPS) is 11.2. The summed E-state index contributed by atoms with van der Waals surface area (Å²) in [7, 11) is 1.58. The fraction of sp³-hybridized carbons (Fsp3) is 0.389. The number of benzene rings is 1. The van der Waals surface area contributed by atoms with Gasteiger partial charge in [0.25, 0.3) is 5.56 Å². The van der Waals surface area contributed by atoms with E-state index in [2.05, 4.69) is 4.98 Å². The Labute approximate surface area is 151 Å². The third kappa shape index (κ3) is 4.85. The SMILES string of the molecule is COc1ccc(-c2cnc(SC)n(CC(=O)OC(C)(C)C)c2=O)cc1. The molecule has 0 atom stereocenters. The van der Waals surface area contributed by atoms with Crippen molar-refractivity contribution >= 4 is 17.7 Å². The second-order valence-electron chi connectivity index (χ2n) is 6.36. The molecule has 0 N–H and O–H groups in total. The van der Waals surface area contributed by atoms with Crippen LogP contribution in [0, 0.1) is 0 Å². The molecule has 1 aromatic heterocycles. The average Bonchev–Trinajstić information content (AvgIpc) is 2.55. The highest BCUT2D eigenvalue weighted by atomic mass is 32.2. The first-order valence-electron chi connectivity index (χ1n) is 7.75. The van der Waals surface area contributed by atoms with Crippen LogP contribution in [0.2, 0.25) is 0 Å². The monoisotopic (exact) mass is 362 g/mol. The van der Waals surface area contributed by atoms with Gasteiger partial charge in [-0.05, 0) is 44.7 Å². The Morgan fingerprint density at radius 1 is 1.24 bits per heavy atom. The van der Waals surface area contributed by atoms with Gasteiger partial charge in [-0.1, -0.05) is 23.9 Å². The highest BCUT2D eigenvalue weighted by molar-refractivity contribution is 7.98. The van der Waals surface area contributed by atoms with Crippen LogP contribution in [0.4, 0.5) is 0 Å². The van der Waals surface area contributed by atoms with E-state index >= 15 is 0 Å². The molecule has 7 heteroatoms. The number of nitrogens with zero attached hydrogens (tertiary/aromatic N) is 2. The summed E-state index contributed by atoms with van der Waals surface area (Å²) in [4.78, 5) is 29.3. The standard InChI is InChI=1S/C18H22N2O4S/c1-18(2,3)24-15(21)11-20-16(22)14(10-19-17(20)25-5)12-6-8-13(23-4)9-7-12/h6-10H,11H2,1-5H3. The second-order valence-corrected chi connectivity index (χ2v) is 7.14. The molecule has 0 saturated heterocycles. The minimum atomic E-state index is -0.610. The molecule has 0 aliphatic carbocycles. The van der Waals surface area contributed by atoms with Crippen molar-refractivity contribution in [2.75, 3.05) is 13.4 Å². The zero-order valence-electron chi connectivity index (χ0n) is 15.0. The van der Waals surface area contributed by atoms with E-state index in [1.54, 1.807) is 58.4 Å². The molecule has 6 nitrogen and oxygen atoms in total. The molecule has 134 valence electrons. The zero-order chi connectivity index (χ0) is 18.6. The van der Waals surface area contributed by atoms with Crippen LogP contribution < -0.4 is 10.3 Å². The van der Waals surface area contributed by atoms with Crippen LogP contribution in [0.5, 0.6) is 5.75 Å². The Hall–Kier alpha value is -2.28. The number of methoxy groups -OCH3 is 1. The van der Waals surface area contributed by atoms with Gasteiger partial charge < -0.3 is 9.47 Å². The maximum atomic E-state index is 12.9. The molecule has 0 aliphatic rings. The third-order valence-corrected chi connectivity index (χ3v) is 3.99. The molecule has 0 unspecified atom stereocenters. The average molecular weight is 362 g/mol. The van der Waals surface area contributed by atoms with Gasteiger partial charge in [0, 0.05) is 6.20 Å². The van der Waals surface area contributed by atoms with Gasteiger partial charge >= 0.3 is 5.97 Å². The van der Waals surface area contributed by atoms with E-state index in [1.807, 2.05) is 0 Å². The quantitative estimate of drug-likeness (QED) is 0.463. The van der Waals surface area contributed by atoms with E-state index in [4.69, 9.17) is 9.47 Å². The minimum absolute atomic E-state index is 0.177. The first-order valence-corrected chi connectivity index (χ1v) is 8.97. The lowest BCUT2D eigenvalue weighted by Gasteiger charge is -2.20. The van der Waals surface area contributed by atoms with Gasteiger partial charge in [0.2, 0.25) is 0 Å². The van der Waals surface area contributed by atoms with E-state index in [0.29, 0.717) is 22.0 Å². The van der Waals surface area contributed by atoms with Crippen molar-refractivity contribution in [3.05, 3.63) is 40.8 Å². The topological polar surface area (TPSA) is 70.4 Å².